The Morgan fingerprint density at radius 3 is 2.71 bits per heavy atom. The summed E-state index contributed by atoms with van der Waals surface area (Å²) in [4.78, 5) is 0. The van der Waals surface area contributed by atoms with Crippen molar-refractivity contribution in [3.63, 3.8) is 0 Å². The highest BCUT2D eigenvalue weighted by Gasteiger charge is 2.15. The number of hydrogen-bond acceptors (Lipinski definition) is 2. The third-order valence-corrected chi connectivity index (χ3v) is 3.77. The van der Waals surface area contributed by atoms with Gasteiger partial charge in [-0.3, -0.25) is 4.57 Å². The Balaban J connectivity index is 2.73. The van der Waals surface area contributed by atoms with Gasteiger partial charge in [0.2, 0.25) is 7.37 Å². The average molecular weight is 212 g/mol. The quantitative estimate of drug-likeness (QED) is 0.711. The molecule has 1 aromatic rings. The fourth-order valence-corrected chi connectivity index (χ4v) is 2.81. The summed E-state index contributed by atoms with van der Waals surface area (Å²) in [7, 11) is -2.43. The Labute approximate surface area is 85.7 Å². The van der Waals surface area contributed by atoms with Crippen LogP contribution >= 0.6 is 7.37 Å². The molecule has 14 heavy (non-hydrogen) atoms. The van der Waals surface area contributed by atoms with Gasteiger partial charge in [-0.1, -0.05) is 19.1 Å². The second-order valence-electron chi connectivity index (χ2n) is 3.65. The molecule has 0 saturated heterocycles. The SMILES string of the molecule is CCCP(C)(=O)Oc1cccc(C)c1. The van der Waals surface area contributed by atoms with E-state index in [0.29, 0.717) is 11.9 Å². The molecule has 0 saturated carbocycles. The zero-order valence-electron chi connectivity index (χ0n) is 8.99. The smallest absolute Gasteiger partial charge is 0.244 e. The van der Waals surface area contributed by atoms with Gasteiger partial charge in [-0.25, -0.2) is 0 Å². The van der Waals surface area contributed by atoms with Crippen LogP contribution in [0.2, 0.25) is 0 Å². The Hall–Kier alpha value is -0.750. The number of rotatable bonds is 4. The predicted octanol–water partition coefficient (Wildman–Crippen LogP) is 3.69. The first-order valence-electron chi connectivity index (χ1n) is 4.86. The van der Waals surface area contributed by atoms with Crippen molar-refractivity contribution in [1.29, 1.82) is 0 Å². The molecule has 1 unspecified atom stereocenters. The van der Waals surface area contributed by atoms with E-state index in [1.807, 2.05) is 38.1 Å². The molecule has 0 aliphatic carbocycles. The van der Waals surface area contributed by atoms with Crippen molar-refractivity contribution >= 4 is 7.37 Å². The van der Waals surface area contributed by atoms with E-state index in [-0.39, 0.29) is 0 Å². The molecule has 3 heteroatoms. The average Bonchev–Trinajstić information content (AvgIpc) is 2.02. The van der Waals surface area contributed by atoms with Crippen molar-refractivity contribution in [1.82, 2.24) is 0 Å². The van der Waals surface area contributed by atoms with Crippen LogP contribution in [0, 0.1) is 6.92 Å². The monoisotopic (exact) mass is 212 g/mol. The normalized spacial score (nSPS) is 14.8. The highest BCUT2D eigenvalue weighted by atomic mass is 31.2. The maximum atomic E-state index is 11.9. The molecule has 0 heterocycles. The fraction of sp³-hybridized carbons (Fsp3) is 0.455. The Morgan fingerprint density at radius 2 is 2.14 bits per heavy atom. The molecule has 0 radical (unpaired) electrons. The molecule has 2 nitrogen and oxygen atoms in total. The van der Waals surface area contributed by atoms with Gasteiger partial charge in [0, 0.05) is 12.8 Å². The molecule has 1 rings (SSSR count). The third-order valence-electron chi connectivity index (χ3n) is 1.92. The highest BCUT2D eigenvalue weighted by molar-refractivity contribution is 7.58. The topological polar surface area (TPSA) is 26.3 Å². The van der Waals surface area contributed by atoms with Crippen LogP contribution in [0.3, 0.4) is 0 Å². The molecular weight excluding hydrogens is 195 g/mol. The lowest BCUT2D eigenvalue weighted by Gasteiger charge is -2.14. The van der Waals surface area contributed by atoms with Gasteiger partial charge in [-0.15, -0.1) is 0 Å². The first kappa shape index (κ1) is 11.3. The van der Waals surface area contributed by atoms with E-state index in [0.717, 1.165) is 12.0 Å². The molecule has 1 atom stereocenters. The van der Waals surface area contributed by atoms with Gasteiger partial charge in [0.05, 0.1) is 0 Å². The number of hydrogen-bond donors (Lipinski definition) is 0. The zero-order chi connectivity index (χ0) is 10.6. The van der Waals surface area contributed by atoms with Crippen LogP contribution in [0.15, 0.2) is 24.3 Å². The Kier molecular flexibility index (Phi) is 3.77. The van der Waals surface area contributed by atoms with E-state index in [4.69, 9.17) is 4.52 Å². The molecular formula is C11H17O2P. The van der Waals surface area contributed by atoms with E-state index in [1.54, 1.807) is 6.66 Å². The largest absolute Gasteiger partial charge is 0.443 e. The summed E-state index contributed by atoms with van der Waals surface area (Å²) >= 11 is 0. The number of aryl methyl sites for hydroxylation is 1. The zero-order valence-corrected chi connectivity index (χ0v) is 9.88. The van der Waals surface area contributed by atoms with Crippen LogP contribution in [0.4, 0.5) is 0 Å². The molecule has 0 aliphatic heterocycles. The predicted molar refractivity (Wildman–Crippen MR) is 60.5 cm³/mol. The first-order valence-corrected chi connectivity index (χ1v) is 7.12. The minimum absolute atomic E-state index is 0.640. The summed E-state index contributed by atoms with van der Waals surface area (Å²) in [5.74, 6) is 0.712. The summed E-state index contributed by atoms with van der Waals surface area (Å²) in [6.07, 6.45) is 1.53. The lowest BCUT2D eigenvalue weighted by atomic mass is 10.2. The van der Waals surface area contributed by atoms with Crippen molar-refractivity contribution in [2.75, 3.05) is 12.8 Å². The van der Waals surface area contributed by atoms with Crippen LogP contribution < -0.4 is 4.52 Å². The second kappa shape index (κ2) is 4.65. The molecule has 0 N–H and O–H groups in total. The highest BCUT2D eigenvalue weighted by Crippen LogP contribution is 2.43. The summed E-state index contributed by atoms with van der Waals surface area (Å²) in [5.41, 5.74) is 1.12. The summed E-state index contributed by atoms with van der Waals surface area (Å²) in [6, 6.07) is 7.66. The lowest BCUT2D eigenvalue weighted by Crippen LogP contribution is -1.95. The molecule has 0 aliphatic rings. The summed E-state index contributed by atoms with van der Waals surface area (Å²) in [5, 5.41) is 0. The summed E-state index contributed by atoms with van der Waals surface area (Å²) < 4.78 is 17.4. The Bertz CT molecular complexity index is 347. The van der Waals surface area contributed by atoms with Crippen LogP contribution in [-0.4, -0.2) is 12.8 Å². The van der Waals surface area contributed by atoms with Crippen LogP contribution in [-0.2, 0) is 4.57 Å². The van der Waals surface area contributed by atoms with Crippen molar-refractivity contribution in [3.8, 4) is 5.75 Å². The minimum Gasteiger partial charge on any atom is -0.443 e. The molecule has 0 amide bonds. The van der Waals surface area contributed by atoms with Crippen LogP contribution in [0.1, 0.15) is 18.9 Å². The van der Waals surface area contributed by atoms with Crippen molar-refractivity contribution in [2.24, 2.45) is 0 Å². The van der Waals surface area contributed by atoms with Crippen molar-refractivity contribution < 1.29 is 9.09 Å². The van der Waals surface area contributed by atoms with Gasteiger partial charge in [-0.05, 0) is 31.0 Å². The first-order chi connectivity index (χ1) is 6.53. The van der Waals surface area contributed by atoms with E-state index in [2.05, 4.69) is 0 Å². The third kappa shape index (κ3) is 3.55. The summed E-state index contributed by atoms with van der Waals surface area (Å²) in [6.45, 7) is 5.70. The van der Waals surface area contributed by atoms with Gasteiger partial charge in [0.15, 0.2) is 0 Å². The van der Waals surface area contributed by atoms with Gasteiger partial charge in [0.25, 0.3) is 0 Å². The van der Waals surface area contributed by atoms with Gasteiger partial charge < -0.3 is 4.52 Å². The maximum Gasteiger partial charge on any atom is 0.244 e. The van der Waals surface area contributed by atoms with Crippen LogP contribution in [0.25, 0.3) is 0 Å². The Morgan fingerprint density at radius 1 is 1.43 bits per heavy atom. The van der Waals surface area contributed by atoms with Crippen molar-refractivity contribution in [3.05, 3.63) is 29.8 Å². The van der Waals surface area contributed by atoms with Crippen LogP contribution in [0.5, 0.6) is 5.75 Å². The fourth-order valence-electron chi connectivity index (χ4n) is 1.35. The molecule has 0 spiro atoms. The van der Waals surface area contributed by atoms with Gasteiger partial charge >= 0.3 is 0 Å². The van der Waals surface area contributed by atoms with E-state index in [9.17, 15) is 4.57 Å². The lowest BCUT2D eigenvalue weighted by molar-refractivity contribution is 0.486. The maximum absolute atomic E-state index is 11.9. The number of benzene rings is 1. The second-order valence-corrected chi connectivity index (χ2v) is 6.30. The van der Waals surface area contributed by atoms with E-state index in [1.165, 1.54) is 0 Å². The molecule has 0 bridgehead atoms. The standard InChI is InChI=1S/C11H17O2P/c1-4-8-14(3,12)13-11-7-5-6-10(2)9-11/h5-7,9H,4,8H2,1-3H3. The van der Waals surface area contributed by atoms with Gasteiger partial charge in [0.1, 0.15) is 5.75 Å². The molecule has 0 aromatic heterocycles. The van der Waals surface area contributed by atoms with E-state index >= 15 is 0 Å². The molecule has 0 fully saturated rings. The van der Waals surface area contributed by atoms with E-state index < -0.39 is 7.37 Å². The van der Waals surface area contributed by atoms with Crippen molar-refractivity contribution in [2.45, 2.75) is 20.3 Å². The van der Waals surface area contributed by atoms with Gasteiger partial charge in [-0.2, -0.15) is 0 Å². The minimum atomic E-state index is -2.43. The molecule has 78 valence electrons. The molecule has 1 aromatic carbocycles.